The predicted octanol–water partition coefficient (Wildman–Crippen LogP) is 3.49. The first-order valence-electron chi connectivity index (χ1n) is 6.77. The standard InChI is InChI=1S/C13H19ClF3NO/c14-7-12(5-6-12)8-18-11(19)9-1-3-10(4-2-9)13(15,16)17/h9-10H,1-8H2,(H,18,19). The smallest absolute Gasteiger partial charge is 0.355 e. The van der Waals surface area contributed by atoms with E-state index in [1.54, 1.807) is 0 Å². The molecular formula is C13H19ClF3NO. The summed E-state index contributed by atoms with van der Waals surface area (Å²) in [6, 6.07) is 0. The molecule has 2 fully saturated rings. The Morgan fingerprint density at radius 1 is 1.21 bits per heavy atom. The van der Waals surface area contributed by atoms with Crippen LogP contribution >= 0.6 is 11.6 Å². The molecule has 0 aromatic carbocycles. The first-order valence-corrected chi connectivity index (χ1v) is 7.30. The largest absolute Gasteiger partial charge is 0.391 e. The molecule has 0 aromatic rings. The molecule has 6 heteroatoms. The Morgan fingerprint density at radius 3 is 2.21 bits per heavy atom. The number of nitrogens with one attached hydrogen (secondary N) is 1. The molecule has 2 saturated carbocycles. The molecular weight excluding hydrogens is 279 g/mol. The van der Waals surface area contributed by atoms with E-state index in [1.807, 2.05) is 0 Å². The van der Waals surface area contributed by atoms with Crippen LogP contribution in [0.5, 0.6) is 0 Å². The summed E-state index contributed by atoms with van der Waals surface area (Å²) in [5, 5.41) is 2.86. The van der Waals surface area contributed by atoms with Crippen LogP contribution in [0.2, 0.25) is 0 Å². The molecule has 2 aliphatic rings. The Hall–Kier alpha value is -0.450. The number of alkyl halides is 4. The molecule has 110 valence electrons. The van der Waals surface area contributed by atoms with Crippen molar-refractivity contribution in [3.05, 3.63) is 0 Å². The third-order valence-electron chi connectivity index (χ3n) is 4.44. The highest BCUT2D eigenvalue weighted by atomic mass is 35.5. The third-order valence-corrected chi connectivity index (χ3v) is 5.01. The van der Waals surface area contributed by atoms with E-state index in [9.17, 15) is 18.0 Å². The monoisotopic (exact) mass is 297 g/mol. The average molecular weight is 298 g/mol. The van der Waals surface area contributed by atoms with Gasteiger partial charge in [-0.2, -0.15) is 13.2 Å². The molecule has 0 aromatic heterocycles. The van der Waals surface area contributed by atoms with Gasteiger partial charge in [0, 0.05) is 23.8 Å². The van der Waals surface area contributed by atoms with Gasteiger partial charge >= 0.3 is 6.18 Å². The van der Waals surface area contributed by atoms with Crippen molar-refractivity contribution in [2.24, 2.45) is 17.3 Å². The SMILES string of the molecule is O=C(NCC1(CCl)CC1)C1CCC(C(F)(F)F)CC1. The minimum Gasteiger partial charge on any atom is -0.355 e. The van der Waals surface area contributed by atoms with Gasteiger partial charge in [0.1, 0.15) is 0 Å². The molecule has 19 heavy (non-hydrogen) atoms. The van der Waals surface area contributed by atoms with Crippen molar-refractivity contribution < 1.29 is 18.0 Å². The van der Waals surface area contributed by atoms with Crippen LogP contribution in [0.15, 0.2) is 0 Å². The molecule has 2 nitrogen and oxygen atoms in total. The quantitative estimate of drug-likeness (QED) is 0.791. The van der Waals surface area contributed by atoms with E-state index in [2.05, 4.69) is 5.32 Å². The number of hydrogen-bond acceptors (Lipinski definition) is 1. The molecule has 2 rings (SSSR count). The van der Waals surface area contributed by atoms with E-state index in [0.29, 0.717) is 25.3 Å². The molecule has 0 unspecified atom stereocenters. The summed E-state index contributed by atoms with van der Waals surface area (Å²) in [5.41, 5.74) is 0.0559. The van der Waals surface area contributed by atoms with Crippen LogP contribution < -0.4 is 5.32 Å². The third kappa shape index (κ3) is 3.77. The molecule has 1 N–H and O–H groups in total. The summed E-state index contributed by atoms with van der Waals surface area (Å²) in [6.45, 7) is 0.564. The Morgan fingerprint density at radius 2 is 1.79 bits per heavy atom. The second-order valence-corrected chi connectivity index (χ2v) is 6.21. The lowest BCUT2D eigenvalue weighted by Crippen LogP contribution is -2.38. The van der Waals surface area contributed by atoms with Crippen LogP contribution in [0.3, 0.4) is 0 Å². The van der Waals surface area contributed by atoms with Crippen LogP contribution in [-0.2, 0) is 4.79 Å². The van der Waals surface area contributed by atoms with E-state index >= 15 is 0 Å². The van der Waals surface area contributed by atoms with Gasteiger partial charge in [-0.1, -0.05) is 0 Å². The summed E-state index contributed by atoms with van der Waals surface area (Å²) >= 11 is 5.82. The van der Waals surface area contributed by atoms with Gasteiger partial charge in [-0.25, -0.2) is 0 Å². The fourth-order valence-corrected chi connectivity index (χ4v) is 3.00. The van der Waals surface area contributed by atoms with Gasteiger partial charge < -0.3 is 5.32 Å². The molecule has 0 bridgehead atoms. The lowest BCUT2D eigenvalue weighted by Gasteiger charge is -2.29. The van der Waals surface area contributed by atoms with Gasteiger partial charge in [0.05, 0.1) is 5.92 Å². The minimum absolute atomic E-state index is 0.0559. The molecule has 0 radical (unpaired) electrons. The molecule has 0 saturated heterocycles. The van der Waals surface area contributed by atoms with Crippen molar-refractivity contribution in [2.45, 2.75) is 44.7 Å². The lowest BCUT2D eigenvalue weighted by molar-refractivity contribution is -0.184. The summed E-state index contributed by atoms with van der Waals surface area (Å²) < 4.78 is 37.5. The van der Waals surface area contributed by atoms with E-state index in [0.717, 1.165) is 12.8 Å². The number of hydrogen-bond donors (Lipinski definition) is 1. The number of halogens is 4. The number of amides is 1. The van der Waals surface area contributed by atoms with Gasteiger partial charge in [-0.15, -0.1) is 11.6 Å². The summed E-state index contributed by atoms with van der Waals surface area (Å²) in [5.74, 6) is -1.05. The summed E-state index contributed by atoms with van der Waals surface area (Å²) in [4.78, 5) is 11.9. The second kappa shape index (κ2) is 5.51. The molecule has 1 amide bonds. The van der Waals surface area contributed by atoms with Gasteiger partial charge in [0.15, 0.2) is 0 Å². The normalized spacial score (nSPS) is 29.9. The van der Waals surface area contributed by atoms with Crippen LogP contribution in [0, 0.1) is 17.3 Å². The van der Waals surface area contributed by atoms with Crippen molar-refractivity contribution in [1.29, 1.82) is 0 Å². The van der Waals surface area contributed by atoms with E-state index in [1.165, 1.54) is 0 Å². The Balaban J connectivity index is 1.73. The van der Waals surface area contributed by atoms with Gasteiger partial charge in [-0.05, 0) is 38.5 Å². The van der Waals surface area contributed by atoms with Crippen molar-refractivity contribution in [1.82, 2.24) is 5.32 Å². The average Bonchev–Trinajstić information content (AvgIpc) is 3.16. The van der Waals surface area contributed by atoms with Crippen LogP contribution in [-0.4, -0.2) is 24.5 Å². The molecule has 0 atom stereocenters. The highest BCUT2D eigenvalue weighted by Gasteiger charge is 2.44. The van der Waals surface area contributed by atoms with E-state index in [4.69, 9.17) is 11.6 Å². The maximum absolute atomic E-state index is 12.5. The minimum atomic E-state index is -4.11. The predicted molar refractivity (Wildman–Crippen MR) is 66.9 cm³/mol. The fourth-order valence-electron chi connectivity index (χ4n) is 2.64. The molecule has 0 spiro atoms. The number of carbonyl (C=O) groups excluding carboxylic acids is 1. The number of rotatable bonds is 4. The van der Waals surface area contributed by atoms with Crippen molar-refractivity contribution in [3.63, 3.8) is 0 Å². The van der Waals surface area contributed by atoms with Crippen LogP contribution in [0.4, 0.5) is 13.2 Å². The fraction of sp³-hybridized carbons (Fsp3) is 0.923. The van der Waals surface area contributed by atoms with Gasteiger partial charge in [0.2, 0.25) is 5.91 Å². The zero-order valence-electron chi connectivity index (χ0n) is 10.7. The molecule has 0 aliphatic heterocycles. The van der Waals surface area contributed by atoms with Crippen LogP contribution in [0.1, 0.15) is 38.5 Å². The zero-order valence-corrected chi connectivity index (χ0v) is 11.5. The van der Waals surface area contributed by atoms with Gasteiger partial charge in [0.25, 0.3) is 0 Å². The van der Waals surface area contributed by atoms with Crippen molar-refractivity contribution in [2.75, 3.05) is 12.4 Å². The van der Waals surface area contributed by atoms with Crippen molar-refractivity contribution >= 4 is 17.5 Å². The van der Waals surface area contributed by atoms with E-state index in [-0.39, 0.29) is 30.1 Å². The maximum atomic E-state index is 12.5. The topological polar surface area (TPSA) is 29.1 Å². The Bertz CT molecular complexity index is 333. The van der Waals surface area contributed by atoms with E-state index < -0.39 is 12.1 Å². The number of carbonyl (C=O) groups is 1. The highest BCUT2D eigenvalue weighted by molar-refractivity contribution is 6.18. The summed E-state index contributed by atoms with van der Waals surface area (Å²) in [7, 11) is 0. The summed E-state index contributed by atoms with van der Waals surface area (Å²) in [6.07, 6.45) is -1.24. The maximum Gasteiger partial charge on any atom is 0.391 e. The van der Waals surface area contributed by atoms with Crippen LogP contribution in [0.25, 0.3) is 0 Å². The zero-order chi connectivity index (χ0) is 14.1. The molecule has 2 aliphatic carbocycles. The van der Waals surface area contributed by atoms with Gasteiger partial charge in [-0.3, -0.25) is 4.79 Å². The lowest BCUT2D eigenvalue weighted by atomic mass is 9.81. The molecule has 0 heterocycles. The Kier molecular flexibility index (Phi) is 4.33. The highest BCUT2D eigenvalue weighted by Crippen LogP contribution is 2.46. The second-order valence-electron chi connectivity index (χ2n) is 5.94. The first kappa shape index (κ1) is 14.9. The Labute approximate surface area is 116 Å². The van der Waals surface area contributed by atoms with Crippen molar-refractivity contribution in [3.8, 4) is 0 Å². The first-order chi connectivity index (χ1) is 8.86.